The summed E-state index contributed by atoms with van der Waals surface area (Å²) in [6.45, 7) is 1.37. The molecule has 1 N–H and O–H groups in total. The van der Waals surface area contributed by atoms with E-state index in [-0.39, 0.29) is 30.7 Å². The number of aryl methyl sites for hydroxylation is 1. The fraction of sp³-hybridized carbons (Fsp3) is 0.364. The largest absolute Gasteiger partial charge is 0.491 e. The highest BCUT2D eigenvalue weighted by molar-refractivity contribution is 5.94. The number of rotatable bonds is 7. The van der Waals surface area contributed by atoms with Gasteiger partial charge < -0.3 is 14.7 Å². The second kappa shape index (κ2) is 9.22. The van der Waals surface area contributed by atoms with E-state index >= 15 is 0 Å². The van der Waals surface area contributed by atoms with Crippen molar-refractivity contribution in [3.63, 3.8) is 0 Å². The maximum absolute atomic E-state index is 13.1. The zero-order chi connectivity index (χ0) is 21.8. The van der Waals surface area contributed by atoms with Gasteiger partial charge in [0.15, 0.2) is 5.82 Å². The number of amides is 1. The fourth-order valence-corrected chi connectivity index (χ4v) is 3.70. The maximum atomic E-state index is 13.1. The van der Waals surface area contributed by atoms with Crippen LogP contribution in [0.2, 0.25) is 0 Å². The minimum absolute atomic E-state index is 0.0371. The van der Waals surface area contributed by atoms with E-state index < -0.39 is 6.10 Å². The van der Waals surface area contributed by atoms with Crippen LogP contribution in [-0.4, -0.2) is 61.9 Å². The lowest BCUT2D eigenvalue weighted by atomic mass is 9.99. The molecule has 1 unspecified atom stereocenters. The van der Waals surface area contributed by atoms with Crippen LogP contribution in [0.5, 0.6) is 5.75 Å². The van der Waals surface area contributed by atoms with Gasteiger partial charge in [-0.05, 0) is 53.6 Å². The highest BCUT2D eigenvalue weighted by Gasteiger charge is 2.28. The summed E-state index contributed by atoms with van der Waals surface area (Å²) in [6, 6.07) is 13.4. The van der Waals surface area contributed by atoms with Crippen molar-refractivity contribution < 1.29 is 19.0 Å². The molecule has 1 aromatic heterocycles. The Morgan fingerprint density at radius 3 is 2.65 bits per heavy atom. The lowest BCUT2D eigenvalue weighted by molar-refractivity contribution is 0.0790. The van der Waals surface area contributed by atoms with Crippen LogP contribution in [0.25, 0.3) is 0 Å². The van der Waals surface area contributed by atoms with Gasteiger partial charge in [-0.3, -0.25) is 4.79 Å². The fourth-order valence-electron chi connectivity index (χ4n) is 3.70. The van der Waals surface area contributed by atoms with E-state index in [1.165, 1.54) is 16.9 Å². The van der Waals surface area contributed by atoms with E-state index in [1.807, 2.05) is 4.90 Å². The Morgan fingerprint density at radius 2 is 1.97 bits per heavy atom. The topological polar surface area (TPSA) is 93.4 Å². The molecule has 2 aromatic carbocycles. The first kappa shape index (κ1) is 20.9. The van der Waals surface area contributed by atoms with Crippen LogP contribution in [0.3, 0.4) is 0 Å². The zero-order valence-electron chi connectivity index (χ0n) is 17.2. The van der Waals surface area contributed by atoms with Crippen LogP contribution in [0.4, 0.5) is 4.39 Å². The number of halogens is 1. The van der Waals surface area contributed by atoms with E-state index in [0.29, 0.717) is 30.2 Å². The number of hydrogen-bond acceptors (Lipinski definition) is 6. The number of likely N-dealkylation sites (tertiary alicyclic amines) is 1. The Labute approximate surface area is 179 Å². The molecule has 8 nitrogen and oxygen atoms in total. The molecule has 0 radical (unpaired) electrons. The SMILES string of the molecule is Cn1nnc(CC(O)COc2ccc(C(=O)N3CC[C@H](c4ccc(F)cc4)C3)cc2)n1. The van der Waals surface area contributed by atoms with Crippen LogP contribution in [0.15, 0.2) is 48.5 Å². The van der Waals surface area contributed by atoms with E-state index in [2.05, 4.69) is 15.4 Å². The molecule has 2 heterocycles. The molecule has 3 aromatic rings. The summed E-state index contributed by atoms with van der Waals surface area (Å²) in [7, 11) is 1.66. The second-order valence-electron chi connectivity index (χ2n) is 7.68. The van der Waals surface area contributed by atoms with E-state index in [4.69, 9.17) is 4.74 Å². The van der Waals surface area contributed by atoms with Crippen LogP contribution in [-0.2, 0) is 13.5 Å². The van der Waals surface area contributed by atoms with E-state index in [9.17, 15) is 14.3 Å². The van der Waals surface area contributed by atoms with Gasteiger partial charge >= 0.3 is 0 Å². The number of aliphatic hydroxyl groups is 1. The molecular formula is C22H24FN5O3. The third-order valence-corrected chi connectivity index (χ3v) is 5.33. The van der Waals surface area contributed by atoms with Gasteiger partial charge in [0.1, 0.15) is 18.2 Å². The zero-order valence-corrected chi connectivity index (χ0v) is 17.2. The average molecular weight is 425 g/mol. The second-order valence-corrected chi connectivity index (χ2v) is 7.68. The van der Waals surface area contributed by atoms with Gasteiger partial charge in [0.2, 0.25) is 0 Å². The Bertz CT molecular complexity index is 1020. The molecule has 1 aliphatic rings. The molecule has 2 atom stereocenters. The Morgan fingerprint density at radius 1 is 1.23 bits per heavy atom. The molecule has 31 heavy (non-hydrogen) atoms. The van der Waals surface area contributed by atoms with E-state index in [1.54, 1.807) is 43.4 Å². The summed E-state index contributed by atoms with van der Waals surface area (Å²) in [4.78, 5) is 16.0. The molecular weight excluding hydrogens is 401 g/mol. The summed E-state index contributed by atoms with van der Waals surface area (Å²) < 4.78 is 18.7. The highest BCUT2D eigenvalue weighted by atomic mass is 19.1. The summed E-state index contributed by atoms with van der Waals surface area (Å²) in [5, 5.41) is 21.7. The summed E-state index contributed by atoms with van der Waals surface area (Å²) in [6.07, 6.45) is 0.338. The molecule has 4 rings (SSSR count). The van der Waals surface area contributed by atoms with E-state index in [0.717, 1.165) is 12.0 Å². The predicted octanol–water partition coefficient (Wildman–Crippen LogP) is 1.96. The Kier molecular flexibility index (Phi) is 6.22. The number of tetrazole rings is 1. The van der Waals surface area contributed by atoms with Crippen molar-refractivity contribution in [3.05, 3.63) is 71.3 Å². The first-order chi connectivity index (χ1) is 15.0. The summed E-state index contributed by atoms with van der Waals surface area (Å²) >= 11 is 0. The number of aliphatic hydroxyl groups excluding tert-OH is 1. The number of carbonyl (C=O) groups is 1. The third kappa shape index (κ3) is 5.24. The molecule has 1 amide bonds. The average Bonchev–Trinajstić information content (AvgIpc) is 3.42. The first-order valence-electron chi connectivity index (χ1n) is 10.2. The van der Waals surface area contributed by atoms with Crippen molar-refractivity contribution in [2.24, 2.45) is 7.05 Å². The lowest BCUT2D eigenvalue weighted by Crippen LogP contribution is -2.28. The first-order valence-corrected chi connectivity index (χ1v) is 10.2. The number of carbonyl (C=O) groups excluding carboxylic acids is 1. The van der Waals surface area contributed by atoms with Gasteiger partial charge in [-0.2, -0.15) is 4.80 Å². The van der Waals surface area contributed by atoms with Crippen LogP contribution in [0, 0.1) is 5.82 Å². The standard InChI is InChI=1S/C22H24FN5O3/c1-27-25-21(24-26-27)12-19(29)14-31-20-8-4-16(5-9-20)22(30)28-11-10-17(13-28)15-2-6-18(23)7-3-15/h2-9,17,19,29H,10-14H2,1H3/t17-,19?/m0/s1. The van der Waals surface area contributed by atoms with Crippen molar-refractivity contribution in [3.8, 4) is 5.75 Å². The van der Waals surface area contributed by atoms with Gasteiger partial charge in [0.05, 0.1) is 13.2 Å². The number of ether oxygens (including phenoxy) is 1. The molecule has 1 saturated heterocycles. The molecule has 1 aliphatic heterocycles. The number of benzene rings is 2. The third-order valence-electron chi connectivity index (χ3n) is 5.33. The van der Waals surface area contributed by atoms with Gasteiger partial charge in [-0.15, -0.1) is 10.2 Å². The van der Waals surface area contributed by atoms with Crippen LogP contribution < -0.4 is 4.74 Å². The molecule has 0 aliphatic carbocycles. The summed E-state index contributed by atoms with van der Waals surface area (Å²) in [5.41, 5.74) is 1.63. The highest BCUT2D eigenvalue weighted by Crippen LogP contribution is 2.28. The number of hydrogen-bond donors (Lipinski definition) is 1. The molecule has 162 valence electrons. The molecule has 9 heteroatoms. The molecule has 0 bridgehead atoms. The smallest absolute Gasteiger partial charge is 0.253 e. The van der Waals surface area contributed by atoms with Crippen molar-refractivity contribution in [1.29, 1.82) is 0 Å². The normalized spacial score (nSPS) is 17.0. The molecule has 0 saturated carbocycles. The van der Waals surface area contributed by atoms with Crippen LogP contribution >= 0.6 is 0 Å². The maximum Gasteiger partial charge on any atom is 0.253 e. The molecule has 1 fully saturated rings. The van der Waals surface area contributed by atoms with Crippen molar-refractivity contribution in [1.82, 2.24) is 25.1 Å². The predicted molar refractivity (Wildman–Crippen MR) is 110 cm³/mol. The van der Waals surface area contributed by atoms with Crippen LogP contribution in [0.1, 0.15) is 34.1 Å². The number of aromatic nitrogens is 4. The Balaban J connectivity index is 1.28. The minimum Gasteiger partial charge on any atom is -0.491 e. The lowest BCUT2D eigenvalue weighted by Gasteiger charge is -2.17. The van der Waals surface area contributed by atoms with Crippen molar-refractivity contribution >= 4 is 5.91 Å². The van der Waals surface area contributed by atoms with Gasteiger partial charge in [0, 0.05) is 31.0 Å². The van der Waals surface area contributed by atoms with Gasteiger partial charge in [0.25, 0.3) is 5.91 Å². The Hall–Kier alpha value is -3.33. The monoisotopic (exact) mass is 425 g/mol. The number of nitrogens with zero attached hydrogens (tertiary/aromatic N) is 5. The molecule has 0 spiro atoms. The van der Waals surface area contributed by atoms with Gasteiger partial charge in [-0.1, -0.05) is 12.1 Å². The minimum atomic E-state index is -0.765. The quantitative estimate of drug-likeness (QED) is 0.622. The van der Waals surface area contributed by atoms with Crippen molar-refractivity contribution in [2.45, 2.75) is 24.9 Å². The van der Waals surface area contributed by atoms with Gasteiger partial charge in [-0.25, -0.2) is 4.39 Å². The summed E-state index contributed by atoms with van der Waals surface area (Å²) in [5.74, 6) is 0.940. The van der Waals surface area contributed by atoms with Crippen molar-refractivity contribution in [2.75, 3.05) is 19.7 Å².